The van der Waals surface area contributed by atoms with Crippen LogP contribution < -0.4 is 20.7 Å². The van der Waals surface area contributed by atoms with E-state index in [9.17, 15) is 0 Å². The molecule has 13 aromatic rings. The normalized spacial score (nSPS) is 14.2. The van der Waals surface area contributed by atoms with Crippen LogP contribution in [0.4, 0.5) is 0 Å². The summed E-state index contributed by atoms with van der Waals surface area (Å²) in [6.07, 6.45) is 0. The van der Waals surface area contributed by atoms with Crippen LogP contribution in [0.5, 0.6) is 0 Å². The van der Waals surface area contributed by atoms with E-state index in [4.69, 9.17) is 8.83 Å². The van der Waals surface area contributed by atoms with E-state index in [0.717, 1.165) is 33.3 Å². The highest BCUT2D eigenvalue weighted by atomic mass is 28.3. The Bertz CT molecular complexity index is 4380. The van der Waals surface area contributed by atoms with Crippen LogP contribution in [0.3, 0.4) is 0 Å². The Morgan fingerprint density at radius 2 is 0.671 bits per heavy atom. The summed E-state index contributed by atoms with van der Waals surface area (Å²) >= 11 is 0. The third kappa shape index (κ3) is 5.43. The first-order valence-electron chi connectivity index (χ1n) is 24.6. The van der Waals surface area contributed by atoms with E-state index in [2.05, 4.69) is 232 Å². The van der Waals surface area contributed by atoms with Gasteiger partial charge in [-0.15, -0.1) is 0 Å². The topological polar surface area (TPSA) is 26.3 Å². The predicted octanol–water partition coefficient (Wildman–Crippen LogP) is 16.1. The molecule has 0 radical (unpaired) electrons. The van der Waals surface area contributed by atoms with Crippen molar-refractivity contribution in [3.8, 4) is 66.8 Å². The van der Waals surface area contributed by atoms with Crippen molar-refractivity contribution in [1.82, 2.24) is 0 Å². The van der Waals surface area contributed by atoms with Gasteiger partial charge in [0.05, 0.1) is 0 Å². The quantitative estimate of drug-likeness (QED) is 0.164. The first-order chi connectivity index (χ1) is 34.2. The van der Waals surface area contributed by atoms with Crippen LogP contribution >= 0.6 is 0 Å². The number of hydrogen-bond acceptors (Lipinski definition) is 2. The molecule has 2 nitrogen and oxygen atoms in total. The van der Waals surface area contributed by atoms with Gasteiger partial charge in [-0.2, -0.15) is 0 Å². The Kier molecular flexibility index (Phi) is 8.14. The van der Waals surface area contributed by atoms with Crippen molar-refractivity contribution in [2.45, 2.75) is 26.2 Å². The summed E-state index contributed by atoms with van der Waals surface area (Å²) in [5, 5.41) is 15.7. The first-order valence-corrected chi connectivity index (χ1v) is 30.6. The molecule has 4 heterocycles. The van der Waals surface area contributed by atoms with Crippen molar-refractivity contribution in [2.75, 3.05) is 0 Å². The lowest BCUT2D eigenvalue weighted by molar-refractivity contribution is 0.670. The second kappa shape index (κ2) is 14.3. The van der Waals surface area contributed by atoms with Gasteiger partial charge in [0.2, 0.25) is 0 Å². The fourth-order valence-corrected chi connectivity index (χ4v) is 18.8. The summed E-state index contributed by atoms with van der Waals surface area (Å²) < 4.78 is 14.1. The van der Waals surface area contributed by atoms with Crippen molar-refractivity contribution in [3.63, 3.8) is 0 Å². The molecule has 0 fully saturated rings. The summed E-state index contributed by atoms with van der Waals surface area (Å²) in [6, 6.07) is 76.6. The number of para-hydroxylation sites is 2. The van der Waals surface area contributed by atoms with Crippen molar-refractivity contribution in [3.05, 3.63) is 206 Å². The van der Waals surface area contributed by atoms with E-state index < -0.39 is 16.1 Å². The molecule has 70 heavy (non-hydrogen) atoms. The minimum Gasteiger partial charge on any atom is -0.455 e. The van der Waals surface area contributed by atoms with Gasteiger partial charge < -0.3 is 8.83 Å². The Morgan fingerprint density at radius 1 is 0.286 bits per heavy atom. The fourth-order valence-electron chi connectivity index (χ4n) is 12.7. The lowest BCUT2D eigenvalue weighted by Gasteiger charge is -2.22. The molecule has 0 bridgehead atoms. The number of rotatable bonds is 4. The van der Waals surface area contributed by atoms with Gasteiger partial charge in [-0.1, -0.05) is 220 Å². The largest absolute Gasteiger partial charge is 0.455 e. The SMILES string of the molecule is C[Si]1(C)c2cc3c(cc2-c2c1cc(-c1ccc(-c4cccc5ccccc45)cc1)c1c2oc2ccccc21)[Si](C)(C)c1cc(-c2ccc(-c4cccc5ccccc45)cc2)c2oc4ccccc4c2c1-3. The number of fused-ring (bicyclic) bond motifs is 16. The van der Waals surface area contributed by atoms with Crippen LogP contribution in [0, 0.1) is 0 Å². The summed E-state index contributed by atoms with van der Waals surface area (Å²) in [4.78, 5) is 0. The molecule has 0 unspecified atom stereocenters. The van der Waals surface area contributed by atoms with Crippen LogP contribution in [-0.2, 0) is 0 Å². The van der Waals surface area contributed by atoms with Crippen molar-refractivity contribution in [1.29, 1.82) is 0 Å². The smallest absolute Gasteiger partial charge is 0.143 e. The van der Waals surface area contributed by atoms with Crippen LogP contribution in [0.1, 0.15) is 0 Å². The molecule has 0 atom stereocenters. The molecular formula is C66H46O2Si2. The molecule has 330 valence electrons. The molecule has 4 heteroatoms. The maximum absolute atomic E-state index is 7.12. The molecule has 0 amide bonds. The van der Waals surface area contributed by atoms with Crippen molar-refractivity contribution < 1.29 is 8.83 Å². The van der Waals surface area contributed by atoms with E-state index in [-0.39, 0.29) is 0 Å². The molecule has 0 N–H and O–H groups in total. The zero-order valence-electron chi connectivity index (χ0n) is 39.4. The zero-order chi connectivity index (χ0) is 46.6. The highest BCUT2D eigenvalue weighted by Crippen LogP contribution is 2.48. The number of furan rings is 2. The minimum atomic E-state index is -2.30. The Balaban J connectivity index is 0.912. The average Bonchev–Trinajstić information content (AvgIpc) is 4.10. The predicted molar refractivity (Wildman–Crippen MR) is 302 cm³/mol. The van der Waals surface area contributed by atoms with Crippen LogP contribution in [-0.4, -0.2) is 16.1 Å². The third-order valence-electron chi connectivity index (χ3n) is 16.3. The van der Waals surface area contributed by atoms with Crippen molar-refractivity contribution >= 4 is 102 Å². The standard InChI is InChI=1S/C66H46O2Si2/c1-69(2)57-38-54-58(37-53(57)62-59(69)36-52(65-64(62)50-22-10-12-26-56(50)67-65)44-33-29-42(30-34-44)48-24-14-18-40-16-6-8-20-46(40)48)70(3,4)60-35-51(61-49-21-9-11-25-55(49)68-66(61)63(54)60)43-31-27-41(28-32-43)47-23-13-17-39-15-5-7-19-45(39)47/h5-38H,1-4H3. The lowest BCUT2D eigenvalue weighted by Crippen LogP contribution is -2.51. The van der Waals surface area contributed by atoms with Crippen molar-refractivity contribution in [2.24, 2.45) is 0 Å². The summed E-state index contributed by atoms with van der Waals surface area (Å²) in [5.41, 5.74) is 19.0. The van der Waals surface area contributed by atoms with Gasteiger partial charge >= 0.3 is 0 Å². The minimum absolute atomic E-state index is 0.931. The van der Waals surface area contributed by atoms with Gasteiger partial charge in [0, 0.05) is 32.7 Å². The van der Waals surface area contributed by atoms with Crippen LogP contribution in [0.2, 0.25) is 26.2 Å². The summed E-state index contributed by atoms with van der Waals surface area (Å²) in [7, 11) is -4.60. The van der Waals surface area contributed by atoms with E-state index in [1.54, 1.807) is 0 Å². The third-order valence-corrected chi connectivity index (χ3v) is 23.3. The molecule has 0 spiro atoms. The highest BCUT2D eigenvalue weighted by Gasteiger charge is 2.46. The molecule has 2 aliphatic rings. The number of hydrogen-bond donors (Lipinski definition) is 0. The molecular weight excluding hydrogens is 881 g/mol. The average molecular weight is 927 g/mol. The molecule has 11 aromatic carbocycles. The van der Waals surface area contributed by atoms with Crippen LogP contribution in [0.15, 0.2) is 215 Å². The highest BCUT2D eigenvalue weighted by molar-refractivity contribution is 7.06. The van der Waals surface area contributed by atoms with Gasteiger partial charge in [-0.05, 0) is 110 Å². The molecule has 2 aromatic heterocycles. The van der Waals surface area contributed by atoms with E-state index >= 15 is 0 Å². The van der Waals surface area contributed by atoms with Gasteiger partial charge in [0.25, 0.3) is 0 Å². The molecule has 0 aliphatic carbocycles. The monoisotopic (exact) mass is 926 g/mol. The second-order valence-electron chi connectivity index (χ2n) is 20.7. The maximum Gasteiger partial charge on any atom is 0.143 e. The Labute approximate surface area is 408 Å². The second-order valence-corrected chi connectivity index (χ2v) is 29.4. The Hall–Kier alpha value is -8.03. The van der Waals surface area contributed by atoms with Gasteiger partial charge in [-0.3, -0.25) is 0 Å². The first kappa shape index (κ1) is 39.9. The summed E-state index contributed by atoms with van der Waals surface area (Å²) in [6.45, 7) is 10.2. The summed E-state index contributed by atoms with van der Waals surface area (Å²) in [5.74, 6) is 0. The van der Waals surface area contributed by atoms with E-state index in [1.165, 1.54) is 120 Å². The number of benzene rings is 11. The molecule has 15 rings (SSSR count). The van der Waals surface area contributed by atoms with Gasteiger partial charge in [-0.25, -0.2) is 0 Å². The van der Waals surface area contributed by atoms with E-state index in [1.807, 2.05) is 0 Å². The maximum atomic E-state index is 7.12. The molecule has 0 saturated heterocycles. The van der Waals surface area contributed by atoms with Gasteiger partial charge in [0.1, 0.15) is 38.5 Å². The lowest BCUT2D eigenvalue weighted by atomic mass is 9.91. The molecule has 2 aliphatic heterocycles. The molecule has 0 saturated carbocycles. The fraction of sp³-hybridized carbons (Fsp3) is 0.0606. The van der Waals surface area contributed by atoms with Gasteiger partial charge in [0.15, 0.2) is 0 Å². The Morgan fingerprint density at radius 3 is 1.23 bits per heavy atom. The zero-order valence-corrected chi connectivity index (χ0v) is 41.4. The van der Waals surface area contributed by atoms with E-state index in [0.29, 0.717) is 0 Å². The van der Waals surface area contributed by atoms with Crippen LogP contribution in [0.25, 0.3) is 132 Å².